The van der Waals surface area contributed by atoms with Gasteiger partial charge in [0.15, 0.2) is 0 Å². The van der Waals surface area contributed by atoms with Crippen molar-refractivity contribution in [2.75, 3.05) is 29.2 Å². The highest BCUT2D eigenvalue weighted by molar-refractivity contribution is 9.10. The summed E-state index contributed by atoms with van der Waals surface area (Å²) in [5.74, 6) is 1.32. The Bertz CT molecular complexity index is 450. The number of hydrogen-bond donors (Lipinski definition) is 2. The predicted molar refractivity (Wildman–Crippen MR) is 83.5 cm³/mol. The molecule has 1 aliphatic rings. The van der Waals surface area contributed by atoms with Crippen molar-refractivity contribution in [2.45, 2.75) is 18.9 Å². The standard InChI is InChI=1S/C13H17BrN2O2S/c14-11-6-9(15)3-4-12(11)16-13(17)8-19-7-10-2-1-5-18-10/h3-4,6,10H,1-2,5,7-8,15H2,(H,16,17). The van der Waals surface area contributed by atoms with Crippen LogP contribution in [0.4, 0.5) is 11.4 Å². The van der Waals surface area contributed by atoms with Gasteiger partial charge in [-0.1, -0.05) is 0 Å². The van der Waals surface area contributed by atoms with Gasteiger partial charge in [-0.05, 0) is 47.0 Å². The molecule has 1 heterocycles. The molecule has 2 rings (SSSR count). The number of carbonyl (C=O) groups excluding carboxylic acids is 1. The molecule has 6 heteroatoms. The molecule has 1 fully saturated rings. The van der Waals surface area contributed by atoms with Gasteiger partial charge < -0.3 is 15.8 Å². The van der Waals surface area contributed by atoms with Crippen LogP contribution < -0.4 is 11.1 Å². The molecule has 0 spiro atoms. The molecule has 0 saturated carbocycles. The first-order valence-corrected chi connectivity index (χ1v) is 8.14. The SMILES string of the molecule is Nc1ccc(NC(=O)CSCC2CCCO2)c(Br)c1. The van der Waals surface area contributed by atoms with Gasteiger partial charge in [-0.15, -0.1) is 11.8 Å². The molecule has 1 saturated heterocycles. The summed E-state index contributed by atoms with van der Waals surface area (Å²) in [7, 11) is 0. The van der Waals surface area contributed by atoms with Gasteiger partial charge in [0.25, 0.3) is 0 Å². The van der Waals surface area contributed by atoms with Crippen LogP contribution in [0.2, 0.25) is 0 Å². The summed E-state index contributed by atoms with van der Waals surface area (Å²) >= 11 is 4.99. The highest BCUT2D eigenvalue weighted by Gasteiger charge is 2.16. The number of halogens is 1. The van der Waals surface area contributed by atoms with Crippen molar-refractivity contribution >= 4 is 45.0 Å². The van der Waals surface area contributed by atoms with E-state index in [0.717, 1.165) is 35.4 Å². The van der Waals surface area contributed by atoms with Crippen LogP contribution in [0.25, 0.3) is 0 Å². The number of carbonyl (C=O) groups is 1. The minimum Gasteiger partial charge on any atom is -0.399 e. The molecule has 1 amide bonds. The van der Waals surface area contributed by atoms with E-state index in [1.807, 2.05) is 0 Å². The van der Waals surface area contributed by atoms with Crippen LogP contribution in [0.15, 0.2) is 22.7 Å². The van der Waals surface area contributed by atoms with Crippen LogP contribution in [-0.2, 0) is 9.53 Å². The number of thioether (sulfide) groups is 1. The maximum atomic E-state index is 11.8. The molecular formula is C13H17BrN2O2S. The lowest BCUT2D eigenvalue weighted by atomic mass is 10.3. The zero-order chi connectivity index (χ0) is 13.7. The van der Waals surface area contributed by atoms with Crippen molar-refractivity contribution in [3.8, 4) is 0 Å². The average Bonchev–Trinajstić information content (AvgIpc) is 2.86. The summed E-state index contributed by atoms with van der Waals surface area (Å²) in [6.07, 6.45) is 2.56. The van der Waals surface area contributed by atoms with Crippen LogP contribution in [0.5, 0.6) is 0 Å². The van der Waals surface area contributed by atoms with E-state index < -0.39 is 0 Å². The minimum atomic E-state index is -0.00605. The van der Waals surface area contributed by atoms with E-state index in [2.05, 4.69) is 21.2 Å². The molecule has 1 aliphatic heterocycles. The Morgan fingerprint density at radius 3 is 3.11 bits per heavy atom. The quantitative estimate of drug-likeness (QED) is 0.806. The molecule has 4 nitrogen and oxygen atoms in total. The fourth-order valence-electron chi connectivity index (χ4n) is 1.88. The summed E-state index contributed by atoms with van der Waals surface area (Å²) < 4.78 is 6.31. The van der Waals surface area contributed by atoms with Gasteiger partial charge in [0.1, 0.15) is 0 Å². The Hall–Kier alpha value is -0.720. The van der Waals surface area contributed by atoms with Crippen molar-refractivity contribution in [1.29, 1.82) is 0 Å². The number of anilines is 2. The number of nitrogen functional groups attached to an aromatic ring is 1. The number of nitrogens with two attached hydrogens (primary N) is 1. The van der Waals surface area contributed by atoms with E-state index in [1.54, 1.807) is 30.0 Å². The normalized spacial score (nSPS) is 18.5. The van der Waals surface area contributed by atoms with Crippen LogP contribution in [0.1, 0.15) is 12.8 Å². The van der Waals surface area contributed by atoms with Gasteiger partial charge in [-0.2, -0.15) is 0 Å². The van der Waals surface area contributed by atoms with Gasteiger partial charge in [0.2, 0.25) is 5.91 Å². The maximum absolute atomic E-state index is 11.8. The molecule has 0 aromatic heterocycles. The number of benzene rings is 1. The Balaban J connectivity index is 1.74. The van der Waals surface area contributed by atoms with Crippen molar-refractivity contribution in [3.63, 3.8) is 0 Å². The van der Waals surface area contributed by atoms with Crippen molar-refractivity contribution < 1.29 is 9.53 Å². The first-order chi connectivity index (χ1) is 9.15. The molecule has 0 bridgehead atoms. The highest BCUT2D eigenvalue weighted by atomic mass is 79.9. The third kappa shape index (κ3) is 4.71. The summed E-state index contributed by atoms with van der Waals surface area (Å²) in [5.41, 5.74) is 7.06. The second-order valence-corrected chi connectivity index (χ2v) is 6.32. The molecule has 1 atom stereocenters. The number of nitrogens with one attached hydrogen (secondary N) is 1. The second kappa shape index (κ2) is 7.17. The largest absolute Gasteiger partial charge is 0.399 e. The van der Waals surface area contributed by atoms with Crippen molar-refractivity contribution in [3.05, 3.63) is 22.7 Å². The van der Waals surface area contributed by atoms with Crippen molar-refractivity contribution in [1.82, 2.24) is 0 Å². The van der Waals surface area contributed by atoms with Crippen LogP contribution in [0.3, 0.4) is 0 Å². The van der Waals surface area contributed by atoms with Crippen LogP contribution >= 0.6 is 27.7 Å². The van der Waals surface area contributed by atoms with Crippen LogP contribution in [0, 0.1) is 0 Å². The first-order valence-electron chi connectivity index (χ1n) is 6.19. The predicted octanol–water partition coefficient (Wildman–Crippen LogP) is 2.88. The minimum absolute atomic E-state index is 0.00605. The second-order valence-electron chi connectivity index (χ2n) is 4.44. The van der Waals surface area contributed by atoms with Gasteiger partial charge in [0, 0.05) is 22.5 Å². The lowest BCUT2D eigenvalue weighted by molar-refractivity contribution is -0.113. The number of hydrogen-bond acceptors (Lipinski definition) is 4. The Morgan fingerprint density at radius 2 is 2.42 bits per heavy atom. The Labute approximate surface area is 125 Å². The maximum Gasteiger partial charge on any atom is 0.234 e. The Morgan fingerprint density at radius 1 is 1.58 bits per heavy atom. The molecule has 1 unspecified atom stereocenters. The number of ether oxygens (including phenoxy) is 1. The summed E-state index contributed by atoms with van der Waals surface area (Å²) in [6.45, 7) is 0.857. The third-order valence-corrected chi connectivity index (χ3v) is 4.56. The van der Waals surface area contributed by atoms with Gasteiger partial charge in [-0.3, -0.25) is 4.79 Å². The Kier molecular flexibility index (Phi) is 5.54. The smallest absolute Gasteiger partial charge is 0.234 e. The molecule has 0 aliphatic carbocycles. The van der Waals surface area contributed by atoms with E-state index in [1.165, 1.54) is 0 Å². The lowest BCUT2D eigenvalue weighted by Gasteiger charge is -2.10. The first kappa shape index (κ1) is 14.7. The molecular weight excluding hydrogens is 328 g/mol. The molecule has 0 radical (unpaired) electrons. The number of rotatable bonds is 5. The summed E-state index contributed by atoms with van der Waals surface area (Å²) in [4.78, 5) is 11.8. The fourth-order valence-corrected chi connectivity index (χ4v) is 3.27. The topological polar surface area (TPSA) is 64.3 Å². The average molecular weight is 345 g/mol. The molecule has 1 aromatic rings. The van der Waals surface area contributed by atoms with E-state index in [9.17, 15) is 4.79 Å². The molecule has 3 N–H and O–H groups in total. The van der Waals surface area contributed by atoms with E-state index in [4.69, 9.17) is 10.5 Å². The van der Waals surface area contributed by atoms with Gasteiger partial charge in [-0.25, -0.2) is 0 Å². The molecule has 1 aromatic carbocycles. The molecule has 19 heavy (non-hydrogen) atoms. The van der Waals surface area contributed by atoms with Gasteiger partial charge >= 0.3 is 0 Å². The zero-order valence-corrected chi connectivity index (χ0v) is 12.9. The fraction of sp³-hybridized carbons (Fsp3) is 0.462. The van der Waals surface area contributed by atoms with E-state index >= 15 is 0 Å². The lowest BCUT2D eigenvalue weighted by Crippen LogP contribution is -2.17. The molecule has 104 valence electrons. The summed E-state index contributed by atoms with van der Waals surface area (Å²) in [5, 5.41) is 2.86. The monoisotopic (exact) mass is 344 g/mol. The zero-order valence-electron chi connectivity index (χ0n) is 10.5. The summed E-state index contributed by atoms with van der Waals surface area (Å²) in [6, 6.07) is 5.33. The van der Waals surface area contributed by atoms with Gasteiger partial charge in [0.05, 0.1) is 17.5 Å². The van der Waals surface area contributed by atoms with Crippen LogP contribution in [-0.4, -0.2) is 30.1 Å². The van der Waals surface area contributed by atoms with Crippen molar-refractivity contribution in [2.24, 2.45) is 0 Å². The van der Waals surface area contributed by atoms with E-state index in [-0.39, 0.29) is 5.91 Å². The highest BCUT2D eigenvalue weighted by Crippen LogP contribution is 2.25. The third-order valence-electron chi connectivity index (χ3n) is 2.83. The van der Waals surface area contributed by atoms with E-state index in [0.29, 0.717) is 17.5 Å². The number of amides is 1.